The van der Waals surface area contributed by atoms with Crippen LogP contribution in [0.5, 0.6) is 0 Å². The van der Waals surface area contributed by atoms with Crippen LogP contribution in [0, 0.1) is 25.2 Å². The van der Waals surface area contributed by atoms with Gasteiger partial charge in [0, 0.05) is 16.3 Å². The first-order chi connectivity index (χ1) is 20.9. The molecule has 0 saturated heterocycles. The molecular weight excluding hydrogens is 592 g/mol. The monoisotopic (exact) mass is 618 g/mol. The van der Waals surface area contributed by atoms with Crippen LogP contribution < -0.4 is 10.6 Å². The van der Waals surface area contributed by atoms with Gasteiger partial charge in [-0.25, -0.2) is 4.98 Å². The molecule has 43 heavy (non-hydrogen) atoms. The molecule has 2 heterocycles. The summed E-state index contributed by atoms with van der Waals surface area (Å²) in [5.41, 5.74) is 7.76. The molecule has 1 aromatic heterocycles. The van der Waals surface area contributed by atoms with Crippen LogP contribution in [0.4, 0.5) is 5.69 Å². The lowest BCUT2D eigenvalue weighted by Crippen LogP contribution is -2.25. The molecule has 1 amide bonds. The summed E-state index contributed by atoms with van der Waals surface area (Å²) in [6.07, 6.45) is 0. The maximum atomic E-state index is 13.1. The summed E-state index contributed by atoms with van der Waals surface area (Å²) >= 11 is 9.73. The zero-order valence-electron chi connectivity index (χ0n) is 23.5. The number of carbonyl (C=O) groups excluding carboxylic acids is 1. The van der Waals surface area contributed by atoms with Crippen molar-refractivity contribution in [1.82, 2.24) is 10.3 Å². The van der Waals surface area contributed by atoms with E-state index in [1.807, 2.05) is 105 Å². The molecule has 0 bridgehead atoms. The quantitative estimate of drug-likeness (QED) is 0.190. The van der Waals surface area contributed by atoms with Crippen LogP contribution in [0.3, 0.4) is 0 Å². The number of benzene rings is 4. The Morgan fingerprint density at radius 2 is 1.77 bits per heavy atom. The van der Waals surface area contributed by atoms with Crippen LogP contribution >= 0.6 is 34.7 Å². The van der Waals surface area contributed by atoms with E-state index >= 15 is 0 Å². The molecule has 0 spiro atoms. The minimum Gasteiger partial charge on any atom is -0.349 e. The molecular formula is C35H27ClN4OS2. The minimum atomic E-state index is -0.499. The standard InChI is InChI=1S/C35H27ClN4OS2/c1-21-16-17-27(22(2)18-21)38-30(41)20-42-34-25(19-37)31(24-12-6-7-13-26(24)36)32(33(40-34)23-10-4-3-5-11-23)35-39-28-14-8-9-15-29(28)43-35/h3-18,31,40H,20H2,1-2H3,(H,38,41). The van der Waals surface area contributed by atoms with Crippen LogP contribution in [0.15, 0.2) is 108 Å². The average Bonchev–Trinajstić information content (AvgIpc) is 3.45. The van der Waals surface area contributed by atoms with Crippen molar-refractivity contribution in [2.24, 2.45) is 0 Å². The first kappa shape index (κ1) is 28.8. The fourth-order valence-corrected chi connectivity index (χ4v) is 7.38. The normalized spacial score (nSPS) is 14.9. The second kappa shape index (κ2) is 12.5. The van der Waals surface area contributed by atoms with Gasteiger partial charge in [0.05, 0.1) is 44.3 Å². The van der Waals surface area contributed by atoms with Gasteiger partial charge in [-0.3, -0.25) is 4.79 Å². The van der Waals surface area contributed by atoms with Crippen molar-refractivity contribution >= 4 is 67.8 Å². The zero-order valence-corrected chi connectivity index (χ0v) is 25.9. The molecule has 6 rings (SSSR count). The molecule has 0 aliphatic carbocycles. The summed E-state index contributed by atoms with van der Waals surface area (Å²) in [6, 6.07) is 34.0. The Kier molecular flexibility index (Phi) is 8.35. The second-order valence-corrected chi connectivity index (χ2v) is 12.7. The van der Waals surface area contributed by atoms with Crippen molar-refractivity contribution in [2.45, 2.75) is 19.8 Å². The summed E-state index contributed by atoms with van der Waals surface area (Å²) in [5.74, 6) is -0.533. The third-order valence-corrected chi connectivity index (χ3v) is 9.69. The fourth-order valence-electron chi connectivity index (χ4n) is 5.25. The van der Waals surface area contributed by atoms with Gasteiger partial charge in [-0.1, -0.05) is 102 Å². The molecule has 1 aliphatic heterocycles. The Morgan fingerprint density at radius 1 is 1.02 bits per heavy atom. The largest absolute Gasteiger partial charge is 0.349 e. The third kappa shape index (κ3) is 5.95. The SMILES string of the molecule is Cc1ccc(NC(=O)CSC2=C(C#N)C(c3ccccc3Cl)C(c3nc4ccccc4s3)=C(c3ccccc3)N2)c(C)c1. The third-order valence-electron chi connectivity index (χ3n) is 7.26. The molecule has 2 N–H and O–H groups in total. The van der Waals surface area contributed by atoms with Crippen LogP contribution in [0.25, 0.3) is 21.5 Å². The van der Waals surface area contributed by atoms with E-state index in [-0.39, 0.29) is 11.7 Å². The Balaban J connectivity index is 1.46. The zero-order chi connectivity index (χ0) is 29.9. The number of hydrogen-bond acceptors (Lipinski definition) is 6. The average molecular weight is 619 g/mol. The number of thioether (sulfide) groups is 1. The van der Waals surface area contributed by atoms with Gasteiger partial charge in [-0.2, -0.15) is 5.26 Å². The molecule has 0 radical (unpaired) electrons. The summed E-state index contributed by atoms with van der Waals surface area (Å²) in [6.45, 7) is 4.00. The number of aryl methyl sites for hydroxylation is 2. The predicted molar refractivity (Wildman–Crippen MR) is 180 cm³/mol. The molecule has 1 aliphatic rings. The van der Waals surface area contributed by atoms with Gasteiger partial charge in [-0.15, -0.1) is 11.3 Å². The summed E-state index contributed by atoms with van der Waals surface area (Å²) < 4.78 is 1.06. The van der Waals surface area contributed by atoms with Gasteiger partial charge in [0.1, 0.15) is 5.01 Å². The van der Waals surface area contributed by atoms with E-state index < -0.39 is 5.92 Å². The van der Waals surface area contributed by atoms with Crippen molar-refractivity contribution in [1.29, 1.82) is 5.26 Å². The Labute approximate surface area is 263 Å². The van der Waals surface area contributed by atoms with Crippen LogP contribution in [0.1, 0.15) is 33.2 Å². The molecule has 0 saturated carbocycles. The molecule has 5 nitrogen and oxygen atoms in total. The number of fused-ring (bicyclic) bond motifs is 1. The highest BCUT2D eigenvalue weighted by Gasteiger charge is 2.36. The van der Waals surface area contributed by atoms with E-state index in [2.05, 4.69) is 22.8 Å². The van der Waals surface area contributed by atoms with E-state index in [0.717, 1.165) is 54.4 Å². The number of dihydropyridines is 1. The second-order valence-electron chi connectivity index (χ2n) is 10.2. The number of rotatable bonds is 7. The summed E-state index contributed by atoms with van der Waals surface area (Å²) in [7, 11) is 0. The van der Waals surface area contributed by atoms with Crippen LogP contribution in [0.2, 0.25) is 5.02 Å². The number of aromatic nitrogens is 1. The number of thiazole rings is 1. The molecule has 1 atom stereocenters. The number of para-hydroxylation sites is 1. The lowest BCUT2D eigenvalue weighted by Gasteiger charge is -2.31. The number of nitrogens with zero attached hydrogens (tertiary/aromatic N) is 2. The number of anilines is 1. The van der Waals surface area contributed by atoms with Gasteiger partial charge in [0.25, 0.3) is 0 Å². The number of carbonyl (C=O) groups is 1. The van der Waals surface area contributed by atoms with Gasteiger partial charge in [0.15, 0.2) is 0 Å². The van der Waals surface area contributed by atoms with Crippen LogP contribution in [-0.2, 0) is 4.79 Å². The Morgan fingerprint density at radius 3 is 2.51 bits per heavy atom. The summed E-state index contributed by atoms with van der Waals surface area (Å²) in [5, 5.41) is 19.2. The molecule has 4 aromatic carbocycles. The smallest absolute Gasteiger partial charge is 0.234 e. The fraction of sp³-hybridized carbons (Fsp3) is 0.114. The lowest BCUT2D eigenvalue weighted by atomic mass is 9.81. The molecule has 0 fully saturated rings. The highest BCUT2D eigenvalue weighted by molar-refractivity contribution is 8.03. The Hall–Kier alpha value is -4.35. The number of halogens is 1. The molecule has 5 aromatic rings. The first-order valence-corrected chi connectivity index (χ1v) is 15.9. The predicted octanol–water partition coefficient (Wildman–Crippen LogP) is 8.93. The van der Waals surface area contributed by atoms with Crippen molar-refractivity contribution in [2.75, 3.05) is 11.1 Å². The first-order valence-electron chi connectivity index (χ1n) is 13.7. The Bertz CT molecular complexity index is 1920. The van der Waals surface area contributed by atoms with E-state index in [9.17, 15) is 10.1 Å². The topological polar surface area (TPSA) is 77.8 Å². The molecule has 212 valence electrons. The molecule has 8 heteroatoms. The van der Waals surface area contributed by atoms with Crippen molar-refractivity contribution in [3.8, 4) is 6.07 Å². The number of hydrogen-bond donors (Lipinski definition) is 2. The van der Waals surface area contributed by atoms with Crippen molar-refractivity contribution in [3.05, 3.63) is 140 Å². The number of nitrogens with one attached hydrogen (secondary N) is 2. The van der Waals surface area contributed by atoms with Crippen LogP contribution in [-0.4, -0.2) is 16.6 Å². The van der Waals surface area contributed by atoms with Crippen molar-refractivity contribution in [3.63, 3.8) is 0 Å². The highest BCUT2D eigenvalue weighted by atomic mass is 35.5. The lowest BCUT2D eigenvalue weighted by molar-refractivity contribution is -0.113. The number of amides is 1. The minimum absolute atomic E-state index is 0.120. The highest BCUT2D eigenvalue weighted by Crippen LogP contribution is 2.50. The number of nitriles is 1. The van der Waals surface area contributed by atoms with E-state index in [1.165, 1.54) is 11.8 Å². The maximum Gasteiger partial charge on any atom is 0.234 e. The van der Waals surface area contributed by atoms with E-state index in [0.29, 0.717) is 15.6 Å². The van der Waals surface area contributed by atoms with Gasteiger partial charge >= 0.3 is 0 Å². The maximum absolute atomic E-state index is 13.1. The van der Waals surface area contributed by atoms with E-state index in [4.69, 9.17) is 16.6 Å². The van der Waals surface area contributed by atoms with Gasteiger partial charge < -0.3 is 10.6 Å². The number of allylic oxidation sites excluding steroid dienone is 2. The van der Waals surface area contributed by atoms with E-state index in [1.54, 1.807) is 11.3 Å². The molecule has 1 unspecified atom stereocenters. The summed E-state index contributed by atoms with van der Waals surface area (Å²) in [4.78, 5) is 18.1. The van der Waals surface area contributed by atoms with Gasteiger partial charge in [0.2, 0.25) is 5.91 Å². The van der Waals surface area contributed by atoms with Gasteiger partial charge in [-0.05, 0) is 54.8 Å². The van der Waals surface area contributed by atoms with Crippen molar-refractivity contribution < 1.29 is 4.79 Å².